The van der Waals surface area contributed by atoms with Crippen LogP contribution in [0.3, 0.4) is 0 Å². The first kappa shape index (κ1) is 10.5. The van der Waals surface area contributed by atoms with Gasteiger partial charge in [-0.05, 0) is 29.8 Å². The minimum Gasteiger partial charge on any atom is -0.366 e. The van der Waals surface area contributed by atoms with Crippen LogP contribution in [0.25, 0.3) is 6.20 Å². The van der Waals surface area contributed by atoms with Gasteiger partial charge in [-0.3, -0.25) is 0 Å². The van der Waals surface area contributed by atoms with Crippen LogP contribution in [-0.4, -0.2) is 9.47 Å². The van der Waals surface area contributed by atoms with E-state index in [1.165, 1.54) is 11.3 Å². The SMILES string of the molecule is Clc1ccc(CN2C=Cn3cccc3C2)cc1. The lowest BCUT2D eigenvalue weighted by Gasteiger charge is -2.24. The van der Waals surface area contributed by atoms with Crippen molar-refractivity contribution in [1.29, 1.82) is 0 Å². The lowest BCUT2D eigenvalue weighted by molar-refractivity contribution is 0.348. The van der Waals surface area contributed by atoms with Crippen molar-refractivity contribution in [3.05, 3.63) is 65.1 Å². The Bertz CT molecular complexity index is 540. The summed E-state index contributed by atoms with van der Waals surface area (Å²) in [6.07, 6.45) is 6.29. The van der Waals surface area contributed by atoms with Gasteiger partial charge in [0.05, 0.1) is 6.54 Å². The molecule has 0 N–H and O–H groups in total. The zero-order valence-electron chi connectivity index (χ0n) is 9.38. The van der Waals surface area contributed by atoms with Crippen LogP contribution < -0.4 is 0 Å². The molecule has 17 heavy (non-hydrogen) atoms. The van der Waals surface area contributed by atoms with E-state index in [-0.39, 0.29) is 0 Å². The van der Waals surface area contributed by atoms with Crippen molar-refractivity contribution in [3.8, 4) is 0 Å². The van der Waals surface area contributed by atoms with Gasteiger partial charge in [-0.15, -0.1) is 0 Å². The van der Waals surface area contributed by atoms with Crippen LogP contribution in [0.5, 0.6) is 0 Å². The summed E-state index contributed by atoms with van der Waals surface area (Å²) in [7, 11) is 0. The normalized spacial score (nSPS) is 13.8. The molecule has 2 heterocycles. The maximum Gasteiger partial charge on any atom is 0.0584 e. The molecule has 0 radical (unpaired) electrons. The summed E-state index contributed by atoms with van der Waals surface area (Å²) in [4.78, 5) is 2.29. The molecule has 2 aromatic rings. The number of hydrogen-bond acceptors (Lipinski definition) is 1. The second-order valence-electron chi connectivity index (χ2n) is 4.24. The zero-order valence-corrected chi connectivity index (χ0v) is 10.1. The predicted molar refractivity (Wildman–Crippen MR) is 70.5 cm³/mol. The van der Waals surface area contributed by atoms with E-state index in [1.54, 1.807) is 0 Å². The topological polar surface area (TPSA) is 8.17 Å². The molecular weight excluding hydrogens is 232 g/mol. The molecule has 1 aliphatic heterocycles. The van der Waals surface area contributed by atoms with Gasteiger partial charge in [0.15, 0.2) is 0 Å². The Morgan fingerprint density at radius 2 is 1.88 bits per heavy atom. The highest BCUT2D eigenvalue weighted by atomic mass is 35.5. The Kier molecular flexibility index (Phi) is 2.65. The van der Waals surface area contributed by atoms with E-state index in [0.29, 0.717) is 0 Å². The van der Waals surface area contributed by atoms with Gasteiger partial charge in [-0.25, -0.2) is 0 Å². The minimum atomic E-state index is 0.789. The molecule has 0 saturated heterocycles. The van der Waals surface area contributed by atoms with E-state index in [4.69, 9.17) is 11.6 Å². The summed E-state index contributed by atoms with van der Waals surface area (Å²) in [5, 5.41) is 0.789. The van der Waals surface area contributed by atoms with Gasteiger partial charge in [0, 0.05) is 35.9 Å². The van der Waals surface area contributed by atoms with Crippen molar-refractivity contribution in [2.24, 2.45) is 0 Å². The van der Waals surface area contributed by atoms with Crippen LogP contribution in [0, 0.1) is 0 Å². The Balaban J connectivity index is 1.73. The molecule has 1 aromatic carbocycles. The summed E-state index contributed by atoms with van der Waals surface area (Å²) in [5.41, 5.74) is 2.60. The van der Waals surface area contributed by atoms with E-state index >= 15 is 0 Å². The molecule has 86 valence electrons. The first-order valence-electron chi connectivity index (χ1n) is 5.64. The molecule has 0 fully saturated rings. The number of aromatic nitrogens is 1. The molecule has 0 aliphatic carbocycles. The van der Waals surface area contributed by atoms with Crippen LogP contribution in [0.2, 0.25) is 5.02 Å². The van der Waals surface area contributed by atoms with Gasteiger partial charge in [-0.2, -0.15) is 0 Å². The first-order chi connectivity index (χ1) is 8.31. The van der Waals surface area contributed by atoms with Gasteiger partial charge in [0.1, 0.15) is 0 Å². The molecule has 3 heteroatoms. The van der Waals surface area contributed by atoms with E-state index in [9.17, 15) is 0 Å². The van der Waals surface area contributed by atoms with Gasteiger partial charge in [0.25, 0.3) is 0 Å². The average molecular weight is 245 g/mol. The van der Waals surface area contributed by atoms with Crippen molar-refractivity contribution in [3.63, 3.8) is 0 Å². The van der Waals surface area contributed by atoms with E-state index < -0.39 is 0 Å². The van der Waals surface area contributed by atoms with Crippen LogP contribution in [0.15, 0.2) is 48.8 Å². The fourth-order valence-corrected chi connectivity index (χ4v) is 2.19. The van der Waals surface area contributed by atoms with Crippen LogP contribution in [0.4, 0.5) is 0 Å². The third-order valence-corrected chi connectivity index (χ3v) is 3.22. The summed E-state index contributed by atoms with van der Waals surface area (Å²) < 4.78 is 2.15. The van der Waals surface area contributed by atoms with Gasteiger partial charge >= 0.3 is 0 Å². The van der Waals surface area contributed by atoms with Gasteiger partial charge in [-0.1, -0.05) is 23.7 Å². The molecule has 2 nitrogen and oxygen atoms in total. The highest BCUT2D eigenvalue weighted by Gasteiger charge is 2.09. The largest absolute Gasteiger partial charge is 0.366 e. The highest BCUT2D eigenvalue weighted by molar-refractivity contribution is 6.30. The van der Waals surface area contributed by atoms with E-state index in [0.717, 1.165) is 18.1 Å². The van der Waals surface area contributed by atoms with Crippen LogP contribution in [-0.2, 0) is 13.1 Å². The number of benzene rings is 1. The molecule has 0 saturated carbocycles. The molecule has 3 rings (SSSR count). The van der Waals surface area contributed by atoms with Crippen molar-refractivity contribution < 1.29 is 0 Å². The minimum absolute atomic E-state index is 0.789. The molecule has 0 bridgehead atoms. The van der Waals surface area contributed by atoms with Crippen LogP contribution >= 0.6 is 11.6 Å². The third kappa shape index (κ3) is 2.22. The quantitative estimate of drug-likeness (QED) is 0.784. The van der Waals surface area contributed by atoms with Crippen molar-refractivity contribution in [1.82, 2.24) is 9.47 Å². The summed E-state index contributed by atoms with van der Waals surface area (Å²) >= 11 is 5.88. The molecule has 0 atom stereocenters. The number of nitrogens with zero attached hydrogens (tertiary/aromatic N) is 2. The monoisotopic (exact) mass is 244 g/mol. The second-order valence-corrected chi connectivity index (χ2v) is 4.67. The Morgan fingerprint density at radius 3 is 2.71 bits per heavy atom. The molecule has 0 amide bonds. The Hall–Kier alpha value is -1.67. The van der Waals surface area contributed by atoms with E-state index in [1.807, 2.05) is 12.1 Å². The summed E-state index contributed by atoms with van der Waals surface area (Å²) in [6, 6.07) is 12.2. The Labute approximate surface area is 106 Å². The average Bonchev–Trinajstić information content (AvgIpc) is 2.79. The fraction of sp³-hybridized carbons (Fsp3) is 0.143. The molecule has 1 aromatic heterocycles. The van der Waals surface area contributed by atoms with Crippen molar-refractivity contribution in [2.75, 3.05) is 0 Å². The molecule has 1 aliphatic rings. The number of halogens is 1. The number of fused-ring (bicyclic) bond motifs is 1. The molecule has 0 spiro atoms. The summed E-state index contributed by atoms with van der Waals surface area (Å²) in [5.74, 6) is 0. The fourth-order valence-electron chi connectivity index (χ4n) is 2.07. The summed E-state index contributed by atoms with van der Waals surface area (Å²) in [6.45, 7) is 1.87. The zero-order chi connectivity index (χ0) is 11.7. The van der Waals surface area contributed by atoms with E-state index in [2.05, 4.69) is 52.3 Å². The molecule has 0 unspecified atom stereocenters. The third-order valence-electron chi connectivity index (χ3n) is 2.97. The Morgan fingerprint density at radius 1 is 1.06 bits per heavy atom. The smallest absolute Gasteiger partial charge is 0.0584 e. The molecular formula is C14H13ClN2. The second kappa shape index (κ2) is 4.30. The predicted octanol–water partition coefficient (Wildman–Crippen LogP) is 3.59. The van der Waals surface area contributed by atoms with Gasteiger partial charge < -0.3 is 9.47 Å². The number of rotatable bonds is 2. The first-order valence-corrected chi connectivity index (χ1v) is 6.01. The lowest BCUT2D eigenvalue weighted by Crippen LogP contribution is -2.21. The van der Waals surface area contributed by atoms with Crippen molar-refractivity contribution >= 4 is 17.8 Å². The lowest BCUT2D eigenvalue weighted by atomic mass is 10.2. The maximum absolute atomic E-state index is 5.88. The highest BCUT2D eigenvalue weighted by Crippen LogP contribution is 2.17. The van der Waals surface area contributed by atoms with Crippen molar-refractivity contribution in [2.45, 2.75) is 13.1 Å². The van der Waals surface area contributed by atoms with Gasteiger partial charge in [0.2, 0.25) is 0 Å². The standard InChI is InChI=1S/C14H13ClN2/c15-13-5-3-12(4-6-13)10-16-8-9-17-7-1-2-14(17)11-16/h1-9H,10-11H2. The maximum atomic E-state index is 5.88. The van der Waals surface area contributed by atoms with Crippen LogP contribution in [0.1, 0.15) is 11.3 Å². The number of hydrogen-bond donors (Lipinski definition) is 0.